The molecule has 3 rings (SSSR count). The number of rotatable bonds is 2. The van der Waals surface area contributed by atoms with Gasteiger partial charge in [0.05, 0.1) is 0 Å². The molecule has 2 heterocycles. The number of nitrogens with zero attached hydrogens (tertiary/aromatic N) is 2. The van der Waals surface area contributed by atoms with Gasteiger partial charge in [0.25, 0.3) is 5.91 Å². The van der Waals surface area contributed by atoms with Crippen LogP contribution in [0.1, 0.15) is 35.5 Å². The highest BCUT2D eigenvalue weighted by Crippen LogP contribution is 2.23. The highest BCUT2D eigenvalue weighted by Gasteiger charge is 2.28. The van der Waals surface area contributed by atoms with Crippen LogP contribution < -0.4 is 5.32 Å². The van der Waals surface area contributed by atoms with Gasteiger partial charge in [0.2, 0.25) is 0 Å². The van der Waals surface area contributed by atoms with E-state index in [1.807, 2.05) is 45.9 Å². The molecule has 0 bridgehead atoms. The normalized spacial score (nSPS) is 14.7. The van der Waals surface area contributed by atoms with Gasteiger partial charge in [-0.15, -0.1) is 0 Å². The van der Waals surface area contributed by atoms with Gasteiger partial charge in [-0.3, -0.25) is 14.4 Å². The minimum Gasteiger partial charge on any atom is -0.358 e. The molecule has 0 saturated carbocycles. The number of aromatic nitrogens is 1. The Labute approximate surface area is 158 Å². The molecule has 0 spiro atoms. The van der Waals surface area contributed by atoms with Crippen LogP contribution in [0, 0.1) is 13.8 Å². The SMILES string of the molecule is Cc1[nH]c2ccc(C(=O)N3CCN(C(=O)C(=O)NC(C)C)CC3)cc2c1C. The monoisotopic (exact) mass is 370 g/mol. The van der Waals surface area contributed by atoms with Crippen LogP contribution in [0.2, 0.25) is 0 Å². The molecule has 0 unspecified atom stereocenters. The molecular weight excluding hydrogens is 344 g/mol. The van der Waals surface area contributed by atoms with Crippen molar-refractivity contribution in [2.24, 2.45) is 0 Å². The van der Waals surface area contributed by atoms with Crippen molar-refractivity contribution in [2.45, 2.75) is 33.7 Å². The van der Waals surface area contributed by atoms with Crippen molar-refractivity contribution >= 4 is 28.6 Å². The quantitative estimate of drug-likeness (QED) is 0.788. The number of aryl methyl sites for hydroxylation is 2. The Kier molecular flexibility index (Phi) is 5.21. The molecule has 1 aromatic heterocycles. The van der Waals surface area contributed by atoms with Crippen LogP contribution in [0.15, 0.2) is 18.2 Å². The summed E-state index contributed by atoms with van der Waals surface area (Å²) in [5.74, 6) is -1.17. The zero-order valence-corrected chi connectivity index (χ0v) is 16.3. The van der Waals surface area contributed by atoms with E-state index in [2.05, 4.69) is 10.3 Å². The summed E-state index contributed by atoms with van der Waals surface area (Å²) in [5, 5.41) is 3.66. The second-order valence-corrected chi connectivity index (χ2v) is 7.35. The number of fused-ring (bicyclic) bond motifs is 1. The van der Waals surface area contributed by atoms with Crippen LogP contribution in [-0.2, 0) is 9.59 Å². The minimum absolute atomic E-state index is 0.0473. The Hall–Kier alpha value is -2.83. The van der Waals surface area contributed by atoms with Crippen molar-refractivity contribution < 1.29 is 14.4 Å². The molecule has 3 amide bonds. The van der Waals surface area contributed by atoms with Crippen molar-refractivity contribution in [1.29, 1.82) is 0 Å². The topological polar surface area (TPSA) is 85.5 Å². The molecule has 1 fully saturated rings. The molecule has 0 aliphatic carbocycles. The first kappa shape index (κ1) is 18.9. The summed E-state index contributed by atoms with van der Waals surface area (Å²) in [6, 6.07) is 5.59. The van der Waals surface area contributed by atoms with E-state index in [1.54, 1.807) is 4.90 Å². The average molecular weight is 370 g/mol. The average Bonchev–Trinajstić information content (AvgIpc) is 2.93. The van der Waals surface area contributed by atoms with Crippen LogP contribution in [0.5, 0.6) is 0 Å². The maximum atomic E-state index is 12.9. The molecule has 27 heavy (non-hydrogen) atoms. The summed E-state index contributed by atoms with van der Waals surface area (Å²) in [6.45, 7) is 9.24. The zero-order chi connectivity index (χ0) is 19.7. The summed E-state index contributed by atoms with van der Waals surface area (Å²) < 4.78 is 0. The second kappa shape index (κ2) is 7.42. The van der Waals surface area contributed by atoms with Crippen LogP contribution in [0.4, 0.5) is 0 Å². The smallest absolute Gasteiger partial charge is 0.312 e. The Morgan fingerprint density at radius 3 is 2.30 bits per heavy atom. The van der Waals surface area contributed by atoms with E-state index in [1.165, 1.54) is 4.90 Å². The van der Waals surface area contributed by atoms with Gasteiger partial charge in [0.15, 0.2) is 0 Å². The van der Waals surface area contributed by atoms with E-state index < -0.39 is 11.8 Å². The maximum Gasteiger partial charge on any atom is 0.312 e. The van der Waals surface area contributed by atoms with Gasteiger partial charge >= 0.3 is 11.8 Å². The number of hydrogen-bond acceptors (Lipinski definition) is 3. The third-order valence-electron chi connectivity index (χ3n) is 5.02. The third-order valence-corrected chi connectivity index (χ3v) is 5.02. The number of piperazine rings is 1. The Morgan fingerprint density at radius 2 is 1.67 bits per heavy atom. The second-order valence-electron chi connectivity index (χ2n) is 7.35. The zero-order valence-electron chi connectivity index (χ0n) is 16.3. The number of carbonyl (C=O) groups is 3. The van der Waals surface area contributed by atoms with Gasteiger partial charge in [0, 0.05) is 54.4 Å². The van der Waals surface area contributed by atoms with Crippen LogP contribution in [-0.4, -0.2) is 64.7 Å². The number of hydrogen-bond donors (Lipinski definition) is 2. The lowest BCUT2D eigenvalue weighted by Crippen LogP contribution is -2.54. The standard InChI is InChI=1S/C20H26N4O3/c1-12(2)21-18(25)20(27)24-9-7-23(8-10-24)19(26)15-5-6-17-16(11-15)13(3)14(4)22-17/h5-6,11-12,22H,7-10H2,1-4H3,(H,21,25). The van der Waals surface area contributed by atoms with Gasteiger partial charge in [-0.2, -0.15) is 0 Å². The van der Waals surface area contributed by atoms with Crippen molar-refractivity contribution in [3.8, 4) is 0 Å². The fraction of sp³-hybridized carbons (Fsp3) is 0.450. The third kappa shape index (κ3) is 3.82. The molecule has 0 radical (unpaired) electrons. The first-order valence-electron chi connectivity index (χ1n) is 9.26. The maximum absolute atomic E-state index is 12.9. The van der Waals surface area contributed by atoms with Gasteiger partial charge in [-0.25, -0.2) is 0 Å². The summed E-state index contributed by atoms with van der Waals surface area (Å²) in [6.07, 6.45) is 0. The van der Waals surface area contributed by atoms with E-state index in [4.69, 9.17) is 0 Å². The molecule has 1 aliphatic heterocycles. The highest BCUT2D eigenvalue weighted by atomic mass is 16.2. The summed E-state index contributed by atoms with van der Waals surface area (Å²) >= 11 is 0. The van der Waals surface area contributed by atoms with Gasteiger partial charge in [-0.05, 0) is 51.5 Å². The number of nitrogens with one attached hydrogen (secondary N) is 2. The van der Waals surface area contributed by atoms with Gasteiger partial charge < -0.3 is 20.1 Å². The first-order valence-corrected chi connectivity index (χ1v) is 9.26. The lowest BCUT2D eigenvalue weighted by molar-refractivity contribution is -0.147. The predicted octanol–water partition coefficient (Wildman–Crippen LogP) is 1.59. The molecule has 2 N–H and O–H groups in total. The fourth-order valence-electron chi connectivity index (χ4n) is 3.36. The summed E-state index contributed by atoms with van der Waals surface area (Å²) in [4.78, 5) is 43.4. The molecule has 1 saturated heterocycles. The Balaban J connectivity index is 1.66. The summed E-state index contributed by atoms with van der Waals surface area (Å²) in [7, 11) is 0. The molecule has 7 heteroatoms. The van der Waals surface area contributed by atoms with Crippen molar-refractivity contribution in [3.05, 3.63) is 35.0 Å². The van der Waals surface area contributed by atoms with Crippen molar-refractivity contribution in [2.75, 3.05) is 26.2 Å². The molecule has 7 nitrogen and oxygen atoms in total. The van der Waals surface area contributed by atoms with Crippen molar-refractivity contribution in [1.82, 2.24) is 20.1 Å². The van der Waals surface area contributed by atoms with E-state index in [0.717, 1.165) is 22.2 Å². The van der Waals surface area contributed by atoms with Gasteiger partial charge in [-0.1, -0.05) is 0 Å². The number of amides is 3. The largest absolute Gasteiger partial charge is 0.358 e. The predicted molar refractivity (Wildman–Crippen MR) is 104 cm³/mol. The Bertz CT molecular complexity index is 892. The molecule has 2 aromatic rings. The number of aromatic amines is 1. The fourth-order valence-corrected chi connectivity index (χ4v) is 3.36. The lowest BCUT2D eigenvalue weighted by atomic mass is 10.1. The summed E-state index contributed by atoms with van der Waals surface area (Å²) in [5.41, 5.74) is 3.91. The minimum atomic E-state index is -0.589. The number of benzene rings is 1. The van der Waals surface area contributed by atoms with Crippen LogP contribution in [0.3, 0.4) is 0 Å². The molecule has 1 aromatic carbocycles. The Morgan fingerprint density at radius 1 is 1.04 bits per heavy atom. The van der Waals surface area contributed by atoms with E-state index in [9.17, 15) is 14.4 Å². The molecular formula is C20H26N4O3. The van der Waals surface area contributed by atoms with Crippen LogP contribution in [0.25, 0.3) is 10.9 Å². The highest BCUT2D eigenvalue weighted by molar-refractivity contribution is 6.35. The van der Waals surface area contributed by atoms with E-state index in [-0.39, 0.29) is 11.9 Å². The molecule has 0 atom stereocenters. The molecule has 144 valence electrons. The molecule has 1 aliphatic rings. The van der Waals surface area contributed by atoms with E-state index in [0.29, 0.717) is 31.7 Å². The van der Waals surface area contributed by atoms with Gasteiger partial charge in [0.1, 0.15) is 0 Å². The number of H-pyrrole nitrogens is 1. The van der Waals surface area contributed by atoms with Crippen molar-refractivity contribution in [3.63, 3.8) is 0 Å². The first-order chi connectivity index (χ1) is 12.8. The lowest BCUT2D eigenvalue weighted by Gasteiger charge is -2.34. The number of carbonyl (C=O) groups excluding carboxylic acids is 3. The van der Waals surface area contributed by atoms with E-state index >= 15 is 0 Å². The van der Waals surface area contributed by atoms with Crippen LogP contribution >= 0.6 is 0 Å².